The summed E-state index contributed by atoms with van der Waals surface area (Å²) >= 11 is 6.72. The first kappa shape index (κ1) is 27.1. The number of ether oxygens (including phenoxy) is 3. The van der Waals surface area contributed by atoms with Crippen molar-refractivity contribution < 1.29 is 23.8 Å². The van der Waals surface area contributed by atoms with Crippen molar-refractivity contribution in [2.24, 2.45) is 0 Å². The molecule has 6 rings (SSSR count). The highest BCUT2D eigenvalue weighted by molar-refractivity contribution is 8.26. The SMILES string of the molecule is CCOC(=O)N1CCN(c2nc3ccc(C)cn3c(=O)c2/C=C2/SC(=S)N(Cc3ccc4c(c3)OCO4)C2=O)CC1. The Kier molecular flexibility index (Phi) is 7.30. The fraction of sp³-hybridized carbons (Fsp3) is 0.321. The van der Waals surface area contributed by atoms with Crippen molar-refractivity contribution in [1.29, 1.82) is 0 Å². The Bertz CT molecular complexity index is 1660. The van der Waals surface area contributed by atoms with Gasteiger partial charge in [-0.05, 0) is 49.2 Å². The van der Waals surface area contributed by atoms with Gasteiger partial charge in [0.05, 0.1) is 23.6 Å². The first-order chi connectivity index (χ1) is 19.8. The average Bonchev–Trinajstić information content (AvgIpc) is 3.54. The molecular weight excluding hydrogens is 566 g/mol. The van der Waals surface area contributed by atoms with Crippen molar-refractivity contribution in [2.45, 2.75) is 20.4 Å². The molecule has 5 heterocycles. The van der Waals surface area contributed by atoms with Crippen LogP contribution in [0.2, 0.25) is 0 Å². The summed E-state index contributed by atoms with van der Waals surface area (Å²) in [4.78, 5) is 49.9. The van der Waals surface area contributed by atoms with Gasteiger partial charge in [0.25, 0.3) is 11.5 Å². The fourth-order valence-corrected chi connectivity index (χ4v) is 6.16. The lowest BCUT2D eigenvalue weighted by atomic mass is 10.2. The smallest absolute Gasteiger partial charge is 0.409 e. The van der Waals surface area contributed by atoms with E-state index in [1.807, 2.05) is 36.1 Å². The molecule has 0 bridgehead atoms. The standard InChI is InChI=1S/C28H27N5O6S2/c1-3-37-27(36)31-10-8-30(9-11-31)24-19(25(34)32-14-17(2)4-7-23(32)29-24)13-22-26(35)33(28(40)41-22)15-18-5-6-20-21(12-18)39-16-38-20/h4-7,12-14H,3,8-11,15-16H2,1-2H3/b22-13+. The van der Waals surface area contributed by atoms with Crippen LogP contribution in [0.15, 0.2) is 46.2 Å². The van der Waals surface area contributed by atoms with Crippen LogP contribution in [0.1, 0.15) is 23.6 Å². The zero-order chi connectivity index (χ0) is 28.7. The molecule has 41 heavy (non-hydrogen) atoms. The van der Waals surface area contributed by atoms with E-state index in [0.29, 0.717) is 70.5 Å². The molecule has 0 aliphatic carbocycles. The van der Waals surface area contributed by atoms with Gasteiger partial charge in [-0.25, -0.2) is 9.78 Å². The van der Waals surface area contributed by atoms with Crippen LogP contribution >= 0.6 is 24.0 Å². The summed E-state index contributed by atoms with van der Waals surface area (Å²) in [6.07, 6.45) is 2.96. The highest BCUT2D eigenvalue weighted by Gasteiger charge is 2.34. The topological polar surface area (TPSA) is 106 Å². The maximum absolute atomic E-state index is 13.8. The Hall–Kier alpha value is -4.10. The lowest BCUT2D eigenvalue weighted by Crippen LogP contribution is -2.49. The molecule has 2 aromatic heterocycles. The third-order valence-electron chi connectivity index (χ3n) is 7.02. The summed E-state index contributed by atoms with van der Waals surface area (Å²) in [7, 11) is 0. The lowest BCUT2D eigenvalue weighted by Gasteiger charge is -2.35. The van der Waals surface area contributed by atoms with Gasteiger partial charge < -0.3 is 24.0 Å². The molecule has 2 amide bonds. The van der Waals surface area contributed by atoms with Gasteiger partial charge in [-0.15, -0.1) is 0 Å². The third-order valence-corrected chi connectivity index (χ3v) is 8.40. The van der Waals surface area contributed by atoms with E-state index in [-0.39, 0.29) is 30.9 Å². The number of aryl methyl sites for hydroxylation is 1. The van der Waals surface area contributed by atoms with Gasteiger partial charge in [0.1, 0.15) is 15.8 Å². The Balaban J connectivity index is 1.33. The molecule has 0 unspecified atom stereocenters. The second-order valence-electron chi connectivity index (χ2n) is 9.72. The van der Waals surface area contributed by atoms with E-state index < -0.39 is 0 Å². The van der Waals surface area contributed by atoms with Crippen LogP contribution < -0.4 is 19.9 Å². The summed E-state index contributed by atoms with van der Waals surface area (Å²) in [5, 5.41) is 0. The number of pyridine rings is 1. The minimum absolute atomic E-state index is 0.164. The minimum Gasteiger partial charge on any atom is -0.454 e. The summed E-state index contributed by atoms with van der Waals surface area (Å²) < 4.78 is 17.9. The number of benzene rings is 1. The van der Waals surface area contributed by atoms with Gasteiger partial charge in [-0.3, -0.25) is 18.9 Å². The normalized spacial score (nSPS) is 17.7. The monoisotopic (exact) mass is 593 g/mol. The molecule has 3 aliphatic heterocycles. The van der Waals surface area contributed by atoms with E-state index in [0.717, 1.165) is 22.9 Å². The van der Waals surface area contributed by atoms with Gasteiger partial charge in [-0.2, -0.15) is 0 Å². The number of carbonyl (C=O) groups excluding carboxylic acids is 2. The van der Waals surface area contributed by atoms with E-state index in [9.17, 15) is 14.4 Å². The number of thiocarbonyl (C=S) groups is 1. The van der Waals surface area contributed by atoms with Crippen LogP contribution in [-0.4, -0.2) is 75.1 Å². The summed E-state index contributed by atoms with van der Waals surface area (Å²) in [5.74, 6) is 1.46. The second kappa shape index (κ2) is 11.1. The minimum atomic E-state index is -0.361. The van der Waals surface area contributed by atoms with E-state index >= 15 is 0 Å². The molecule has 0 saturated carbocycles. The largest absolute Gasteiger partial charge is 0.454 e. The number of aromatic nitrogens is 2. The molecule has 3 aromatic rings. The van der Waals surface area contributed by atoms with Crippen molar-refractivity contribution in [3.05, 3.63) is 68.5 Å². The molecule has 0 spiro atoms. The molecule has 2 fully saturated rings. The molecule has 2 saturated heterocycles. The lowest BCUT2D eigenvalue weighted by molar-refractivity contribution is -0.122. The predicted molar refractivity (Wildman–Crippen MR) is 158 cm³/mol. The molecule has 1 aromatic carbocycles. The maximum Gasteiger partial charge on any atom is 0.409 e. The Labute approximate surface area is 245 Å². The molecule has 3 aliphatic rings. The second-order valence-corrected chi connectivity index (χ2v) is 11.4. The number of rotatable bonds is 5. The maximum atomic E-state index is 13.8. The van der Waals surface area contributed by atoms with E-state index in [1.54, 1.807) is 30.2 Å². The number of carbonyl (C=O) groups is 2. The highest BCUT2D eigenvalue weighted by Crippen LogP contribution is 2.37. The first-order valence-corrected chi connectivity index (χ1v) is 14.4. The number of nitrogens with zero attached hydrogens (tertiary/aromatic N) is 5. The quantitative estimate of drug-likeness (QED) is 0.323. The average molecular weight is 594 g/mol. The zero-order valence-corrected chi connectivity index (χ0v) is 24.1. The van der Waals surface area contributed by atoms with Crippen LogP contribution in [0.25, 0.3) is 11.7 Å². The number of piperazine rings is 1. The predicted octanol–water partition coefficient (Wildman–Crippen LogP) is 3.41. The van der Waals surface area contributed by atoms with Gasteiger partial charge in [0, 0.05) is 32.4 Å². The summed E-state index contributed by atoms with van der Waals surface area (Å²) in [6.45, 7) is 6.15. The Morgan fingerprint density at radius 1 is 1.12 bits per heavy atom. The van der Waals surface area contributed by atoms with Gasteiger partial charge >= 0.3 is 6.09 Å². The number of thioether (sulfide) groups is 1. The highest BCUT2D eigenvalue weighted by atomic mass is 32.2. The Morgan fingerprint density at radius 2 is 1.90 bits per heavy atom. The van der Waals surface area contributed by atoms with Gasteiger partial charge in [0.2, 0.25) is 6.79 Å². The summed E-state index contributed by atoms with van der Waals surface area (Å²) in [5.41, 5.74) is 2.24. The molecule has 212 valence electrons. The van der Waals surface area contributed by atoms with Crippen molar-refractivity contribution in [3.8, 4) is 11.5 Å². The summed E-state index contributed by atoms with van der Waals surface area (Å²) in [6, 6.07) is 9.20. The van der Waals surface area contributed by atoms with Crippen molar-refractivity contribution in [3.63, 3.8) is 0 Å². The van der Waals surface area contributed by atoms with Crippen LogP contribution in [-0.2, 0) is 16.1 Å². The first-order valence-electron chi connectivity index (χ1n) is 13.2. The molecule has 0 radical (unpaired) electrons. The number of hydrogen-bond donors (Lipinski definition) is 0. The molecule has 0 N–H and O–H groups in total. The molecule has 11 nitrogen and oxygen atoms in total. The van der Waals surface area contributed by atoms with E-state index in [2.05, 4.69) is 0 Å². The fourth-order valence-electron chi connectivity index (χ4n) is 4.92. The van der Waals surface area contributed by atoms with Crippen molar-refractivity contribution in [2.75, 3.05) is 44.5 Å². The van der Waals surface area contributed by atoms with Crippen LogP contribution in [0.5, 0.6) is 11.5 Å². The van der Waals surface area contributed by atoms with Crippen LogP contribution in [0.3, 0.4) is 0 Å². The van der Waals surface area contributed by atoms with Crippen molar-refractivity contribution >= 4 is 57.8 Å². The number of fused-ring (bicyclic) bond motifs is 2. The number of anilines is 1. The van der Waals surface area contributed by atoms with Gasteiger partial charge in [-0.1, -0.05) is 36.1 Å². The van der Waals surface area contributed by atoms with E-state index in [1.165, 1.54) is 9.30 Å². The van der Waals surface area contributed by atoms with Gasteiger partial charge in [0.15, 0.2) is 11.5 Å². The third kappa shape index (κ3) is 5.22. The van der Waals surface area contributed by atoms with E-state index in [4.69, 9.17) is 31.4 Å². The van der Waals surface area contributed by atoms with Crippen molar-refractivity contribution in [1.82, 2.24) is 19.2 Å². The van der Waals surface area contributed by atoms with Crippen LogP contribution in [0, 0.1) is 6.92 Å². The molecular formula is C28H27N5O6S2. The zero-order valence-electron chi connectivity index (χ0n) is 22.5. The molecule has 13 heteroatoms. The number of amides is 2. The number of hydrogen-bond acceptors (Lipinski definition) is 10. The molecule has 0 atom stereocenters. The Morgan fingerprint density at radius 3 is 2.68 bits per heavy atom. The van der Waals surface area contributed by atoms with Crippen LogP contribution in [0.4, 0.5) is 10.6 Å².